The van der Waals surface area contributed by atoms with Crippen LogP contribution in [-0.4, -0.2) is 85.4 Å². The lowest BCUT2D eigenvalue weighted by atomic mass is 10.2. The van der Waals surface area contributed by atoms with Crippen molar-refractivity contribution in [1.29, 1.82) is 0 Å². The number of anilines is 2. The van der Waals surface area contributed by atoms with Gasteiger partial charge in [-0.05, 0) is 51.0 Å². The highest BCUT2D eigenvalue weighted by atomic mass is 16.6. The largest absolute Gasteiger partial charge is 0.463 e. The number of esters is 4. The molecule has 2 aromatic rings. The van der Waals surface area contributed by atoms with Gasteiger partial charge in [-0.2, -0.15) is 0 Å². The number of rotatable bonds is 14. The molecule has 0 spiro atoms. The summed E-state index contributed by atoms with van der Waals surface area (Å²) in [5.41, 5.74) is 0.493. The molecular weight excluding hydrogens is 544 g/mol. The molecule has 0 unspecified atom stereocenters. The number of unbranched alkanes of at least 4 members (excludes halogenated alkanes) is 2. The van der Waals surface area contributed by atoms with Crippen LogP contribution < -0.4 is 9.80 Å². The average Bonchev–Trinajstić information content (AvgIpc) is 3.01. The fraction of sp³-hybridized carbons (Fsp3) is 0.533. The van der Waals surface area contributed by atoms with E-state index in [-0.39, 0.29) is 11.1 Å². The van der Waals surface area contributed by atoms with E-state index < -0.39 is 36.1 Å². The van der Waals surface area contributed by atoms with Crippen molar-refractivity contribution in [3.63, 3.8) is 0 Å². The van der Waals surface area contributed by atoms with Crippen LogP contribution in [0.15, 0.2) is 36.7 Å². The van der Waals surface area contributed by atoms with Crippen LogP contribution in [0.5, 0.6) is 0 Å². The van der Waals surface area contributed by atoms with Crippen LogP contribution in [0, 0.1) is 0 Å². The Hall–Kier alpha value is -4.22. The summed E-state index contributed by atoms with van der Waals surface area (Å²) in [6.45, 7) is 10.2. The summed E-state index contributed by atoms with van der Waals surface area (Å²) < 4.78 is 20.6. The van der Waals surface area contributed by atoms with Crippen molar-refractivity contribution in [1.82, 2.24) is 9.97 Å². The van der Waals surface area contributed by atoms with Crippen molar-refractivity contribution in [2.24, 2.45) is 0 Å². The Balaban J connectivity index is 1.46. The average molecular weight is 585 g/mol. The van der Waals surface area contributed by atoms with Crippen LogP contribution in [0.4, 0.5) is 11.6 Å². The Morgan fingerprint density at radius 3 is 1.38 bits per heavy atom. The van der Waals surface area contributed by atoms with E-state index in [2.05, 4.69) is 19.8 Å². The van der Waals surface area contributed by atoms with Crippen LogP contribution in [0.1, 0.15) is 74.1 Å². The number of nitrogens with zero attached hydrogens (tertiary/aromatic N) is 4. The molecule has 0 radical (unpaired) electrons. The number of piperazine rings is 1. The zero-order valence-corrected chi connectivity index (χ0v) is 24.7. The monoisotopic (exact) mass is 584 g/mol. The molecule has 3 heterocycles. The van der Waals surface area contributed by atoms with Gasteiger partial charge in [0.2, 0.25) is 0 Å². The molecule has 42 heavy (non-hydrogen) atoms. The van der Waals surface area contributed by atoms with Gasteiger partial charge >= 0.3 is 23.9 Å². The van der Waals surface area contributed by atoms with Gasteiger partial charge in [-0.15, -0.1) is 0 Å². The second-order valence-corrected chi connectivity index (χ2v) is 9.92. The summed E-state index contributed by atoms with van der Waals surface area (Å²) in [5.74, 6) is -0.995. The van der Waals surface area contributed by atoms with Gasteiger partial charge in [0, 0.05) is 38.6 Å². The summed E-state index contributed by atoms with van der Waals surface area (Å²) in [7, 11) is 0. The zero-order chi connectivity index (χ0) is 30.5. The third-order valence-corrected chi connectivity index (χ3v) is 6.61. The van der Waals surface area contributed by atoms with E-state index in [1.54, 1.807) is 24.3 Å². The predicted octanol–water partition coefficient (Wildman–Crippen LogP) is 3.58. The quantitative estimate of drug-likeness (QED) is 0.182. The van der Waals surface area contributed by atoms with Crippen molar-refractivity contribution in [2.75, 3.05) is 49.2 Å². The molecule has 0 saturated carbocycles. The molecule has 12 heteroatoms. The van der Waals surface area contributed by atoms with E-state index in [1.807, 2.05) is 13.8 Å². The van der Waals surface area contributed by atoms with Crippen molar-refractivity contribution >= 4 is 35.5 Å². The third kappa shape index (κ3) is 9.42. The molecule has 0 aromatic carbocycles. The first kappa shape index (κ1) is 32.3. The van der Waals surface area contributed by atoms with E-state index in [0.717, 1.165) is 25.7 Å². The van der Waals surface area contributed by atoms with E-state index in [4.69, 9.17) is 18.9 Å². The Labute approximate surface area is 246 Å². The first-order valence-electron chi connectivity index (χ1n) is 14.4. The predicted molar refractivity (Wildman–Crippen MR) is 154 cm³/mol. The van der Waals surface area contributed by atoms with Crippen LogP contribution in [-0.2, 0) is 28.5 Å². The number of carbonyl (C=O) groups excluding carboxylic acids is 4. The van der Waals surface area contributed by atoms with Gasteiger partial charge in [0.1, 0.15) is 11.6 Å². The smallest absolute Gasteiger partial charge is 0.347 e. The lowest BCUT2D eigenvalue weighted by Crippen LogP contribution is -2.47. The van der Waals surface area contributed by atoms with Gasteiger partial charge < -0.3 is 28.7 Å². The molecule has 12 nitrogen and oxygen atoms in total. The Bertz CT molecular complexity index is 1090. The van der Waals surface area contributed by atoms with Crippen LogP contribution >= 0.6 is 0 Å². The Morgan fingerprint density at radius 1 is 0.690 bits per heavy atom. The maximum absolute atomic E-state index is 12.4. The molecule has 2 atom stereocenters. The topological polar surface area (TPSA) is 137 Å². The number of pyridine rings is 2. The number of carbonyl (C=O) groups is 4. The molecule has 2 aromatic heterocycles. The minimum Gasteiger partial charge on any atom is -0.463 e. The summed E-state index contributed by atoms with van der Waals surface area (Å²) in [4.78, 5) is 61.8. The van der Waals surface area contributed by atoms with Gasteiger partial charge in [-0.3, -0.25) is 0 Å². The third-order valence-electron chi connectivity index (χ3n) is 6.61. The molecule has 3 rings (SSSR count). The normalized spacial score (nSPS) is 14.5. The maximum Gasteiger partial charge on any atom is 0.347 e. The SMILES string of the molecule is CCCCOC(=O)[C@H](C)OC(=O)c1ccc(N2CCN(c3ccc(C(=O)O[C@@H](C)C(=O)OCCCC)cn3)CC2)nc1. The Morgan fingerprint density at radius 2 is 1.07 bits per heavy atom. The van der Waals surface area contributed by atoms with Gasteiger partial charge in [0.05, 0.1) is 24.3 Å². The molecule has 0 bridgehead atoms. The molecule has 0 amide bonds. The van der Waals surface area contributed by atoms with Gasteiger partial charge in [0.15, 0.2) is 12.2 Å². The van der Waals surface area contributed by atoms with E-state index in [9.17, 15) is 19.2 Å². The number of hydrogen-bond donors (Lipinski definition) is 0. The molecule has 0 N–H and O–H groups in total. The van der Waals surface area contributed by atoms with Crippen LogP contribution in [0.3, 0.4) is 0 Å². The van der Waals surface area contributed by atoms with E-state index in [0.29, 0.717) is 51.0 Å². The van der Waals surface area contributed by atoms with Crippen LogP contribution in [0.2, 0.25) is 0 Å². The molecule has 0 aliphatic carbocycles. The number of aromatic nitrogens is 2. The Kier molecular flexibility index (Phi) is 12.5. The van der Waals surface area contributed by atoms with Crippen molar-refractivity contribution in [2.45, 2.75) is 65.6 Å². The van der Waals surface area contributed by atoms with Gasteiger partial charge in [-0.1, -0.05) is 26.7 Å². The lowest BCUT2D eigenvalue weighted by molar-refractivity contribution is -0.153. The fourth-order valence-electron chi connectivity index (χ4n) is 3.97. The van der Waals surface area contributed by atoms with E-state index in [1.165, 1.54) is 26.2 Å². The standard InChI is InChI=1S/C30H40N4O8/c1-5-7-17-39-27(35)21(3)41-29(37)23-9-11-25(31-19-23)33-13-15-34(16-14-33)26-12-10-24(20-32-26)30(38)42-22(4)28(36)40-18-8-6-2/h9-12,19-22H,5-8,13-18H2,1-4H3/t21-,22-/m0/s1. The van der Waals surface area contributed by atoms with Gasteiger partial charge in [0.25, 0.3) is 0 Å². The highest BCUT2D eigenvalue weighted by Gasteiger charge is 2.24. The highest BCUT2D eigenvalue weighted by Crippen LogP contribution is 2.19. The summed E-state index contributed by atoms with van der Waals surface area (Å²) in [6, 6.07) is 6.74. The van der Waals surface area contributed by atoms with E-state index >= 15 is 0 Å². The lowest BCUT2D eigenvalue weighted by Gasteiger charge is -2.36. The summed E-state index contributed by atoms with van der Waals surface area (Å²) in [6.07, 6.45) is 4.17. The molecule has 1 fully saturated rings. The van der Waals surface area contributed by atoms with Crippen LogP contribution in [0.25, 0.3) is 0 Å². The maximum atomic E-state index is 12.4. The first-order valence-corrected chi connectivity index (χ1v) is 14.4. The molecule has 1 saturated heterocycles. The molecule has 1 aliphatic heterocycles. The fourth-order valence-corrected chi connectivity index (χ4v) is 3.97. The molecule has 228 valence electrons. The molecule has 1 aliphatic rings. The van der Waals surface area contributed by atoms with Crippen molar-refractivity contribution in [3.05, 3.63) is 47.8 Å². The number of ether oxygens (including phenoxy) is 4. The zero-order valence-electron chi connectivity index (χ0n) is 24.7. The summed E-state index contributed by atoms with van der Waals surface area (Å²) in [5, 5.41) is 0. The second-order valence-electron chi connectivity index (χ2n) is 9.92. The minimum absolute atomic E-state index is 0.246. The van der Waals surface area contributed by atoms with Gasteiger partial charge in [-0.25, -0.2) is 29.1 Å². The van der Waals surface area contributed by atoms with Crippen molar-refractivity contribution in [3.8, 4) is 0 Å². The van der Waals surface area contributed by atoms with Crippen molar-refractivity contribution < 1.29 is 38.1 Å². The first-order chi connectivity index (χ1) is 20.2. The molecular formula is C30H40N4O8. The highest BCUT2D eigenvalue weighted by molar-refractivity contribution is 5.92. The second kappa shape index (κ2) is 16.3. The number of hydrogen-bond acceptors (Lipinski definition) is 12. The summed E-state index contributed by atoms with van der Waals surface area (Å²) >= 11 is 0. The minimum atomic E-state index is -1.00.